The van der Waals surface area contributed by atoms with Crippen molar-refractivity contribution in [2.75, 3.05) is 0 Å². The van der Waals surface area contributed by atoms with Gasteiger partial charge in [0.2, 0.25) is 0 Å². The summed E-state index contributed by atoms with van der Waals surface area (Å²) in [4.78, 5) is 15.4. The van der Waals surface area contributed by atoms with E-state index in [1.807, 2.05) is 36.4 Å². The third-order valence-electron chi connectivity index (χ3n) is 12.5. The first-order valence-corrected chi connectivity index (χ1v) is 21.3. The zero-order valence-electron chi connectivity index (χ0n) is 34.0. The van der Waals surface area contributed by atoms with Gasteiger partial charge >= 0.3 is 0 Å². The van der Waals surface area contributed by atoms with Crippen molar-refractivity contribution in [1.82, 2.24) is 28.7 Å². The zero-order chi connectivity index (χ0) is 41.4. The van der Waals surface area contributed by atoms with Gasteiger partial charge in [0.1, 0.15) is 0 Å². The number of rotatable bonds is 6. The maximum absolute atomic E-state index is 5.19. The molecule has 4 heterocycles. The largest absolute Gasteiger partial charge is 0.309 e. The highest BCUT2D eigenvalue weighted by Crippen LogP contribution is 2.41. The topological polar surface area (TPSA) is 53.5 Å². The summed E-state index contributed by atoms with van der Waals surface area (Å²) in [6.07, 6.45) is 0. The lowest BCUT2D eigenvalue weighted by molar-refractivity contribution is 1.06. The van der Waals surface area contributed by atoms with Crippen LogP contribution in [0.3, 0.4) is 0 Å². The fourth-order valence-electron chi connectivity index (χ4n) is 9.71. The van der Waals surface area contributed by atoms with Crippen molar-refractivity contribution >= 4 is 65.4 Å². The van der Waals surface area contributed by atoms with Crippen LogP contribution < -0.4 is 0 Å². The summed E-state index contributed by atoms with van der Waals surface area (Å²) < 4.78 is 7.26. The quantitative estimate of drug-likeness (QED) is 0.168. The highest BCUT2D eigenvalue weighted by Gasteiger charge is 2.22. The van der Waals surface area contributed by atoms with Gasteiger partial charge in [0, 0.05) is 54.7 Å². The van der Waals surface area contributed by atoms with Gasteiger partial charge in [-0.1, -0.05) is 158 Å². The highest BCUT2D eigenvalue weighted by molar-refractivity contribution is 6.13. The number of nitrogens with zero attached hydrogens (tertiary/aromatic N) is 6. The second kappa shape index (κ2) is 14.0. The van der Waals surface area contributed by atoms with Crippen LogP contribution in [0.15, 0.2) is 218 Å². The molecule has 0 fully saturated rings. The monoisotopic (exact) mass is 804 g/mol. The molecule has 6 nitrogen and oxygen atoms in total. The van der Waals surface area contributed by atoms with Gasteiger partial charge < -0.3 is 13.7 Å². The van der Waals surface area contributed by atoms with E-state index in [0.717, 1.165) is 55.8 Å². The Hall–Kier alpha value is -8.61. The Morgan fingerprint density at radius 1 is 0.238 bits per heavy atom. The molecule has 0 N–H and O–H groups in total. The van der Waals surface area contributed by atoms with Gasteiger partial charge in [-0.3, -0.25) is 0 Å². The van der Waals surface area contributed by atoms with Crippen molar-refractivity contribution in [2.45, 2.75) is 0 Å². The van der Waals surface area contributed by atoms with Crippen LogP contribution in [0.25, 0.3) is 117 Å². The van der Waals surface area contributed by atoms with Crippen molar-refractivity contribution < 1.29 is 0 Å². The molecule has 0 saturated heterocycles. The number of hydrogen-bond donors (Lipinski definition) is 0. The first kappa shape index (κ1) is 35.2. The molecule has 0 unspecified atom stereocenters. The maximum atomic E-state index is 5.19. The number of hydrogen-bond acceptors (Lipinski definition) is 3. The predicted molar refractivity (Wildman–Crippen MR) is 259 cm³/mol. The van der Waals surface area contributed by atoms with Crippen molar-refractivity contribution in [3.63, 3.8) is 0 Å². The van der Waals surface area contributed by atoms with Crippen LogP contribution in [0.1, 0.15) is 0 Å². The molecule has 0 spiro atoms. The fourth-order valence-corrected chi connectivity index (χ4v) is 9.71. The lowest BCUT2D eigenvalue weighted by atomic mass is 10.1. The standard InChI is InChI=1S/C57H36N6/c1-3-17-37(18-4-1)55-58-56(38-19-5-2-6-20-38)60-57(59-55)39-31-34-52(54(35-39)62-49-28-14-9-23-43(49)44-24-10-15-29-50(44)62)63-51-30-16-11-25-45(51)46-33-32-40(36-53(46)63)61-47-26-12-7-21-41(47)42-22-8-13-27-48(42)61/h1-36H. The van der Waals surface area contributed by atoms with Gasteiger partial charge in [-0.2, -0.15) is 0 Å². The Morgan fingerprint density at radius 3 is 1.06 bits per heavy atom. The number of fused-ring (bicyclic) bond motifs is 9. The lowest BCUT2D eigenvalue weighted by Gasteiger charge is -2.18. The van der Waals surface area contributed by atoms with Crippen LogP contribution in [0.2, 0.25) is 0 Å². The summed E-state index contributed by atoms with van der Waals surface area (Å²) in [6, 6.07) is 77.5. The maximum Gasteiger partial charge on any atom is 0.164 e. The Kier molecular flexibility index (Phi) is 7.80. The molecule has 0 amide bonds. The summed E-state index contributed by atoms with van der Waals surface area (Å²) in [5.41, 5.74) is 12.7. The Balaban J connectivity index is 1.12. The molecule has 0 aliphatic heterocycles. The molecule has 0 radical (unpaired) electrons. The molecule has 13 rings (SSSR count). The van der Waals surface area contributed by atoms with Gasteiger partial charge in [0.05, 0.1) is 44.5 Å². The third-order valence-corrected chi connectivity index (χ3v) is 12.5. The van der Waals surface area contributed by atoms with Crippen LogP contribution in [0, 0.1) is 0 Å². The van der Waals surface area contributed by atoms with E-state index in [1.165, 1.54) is 43.4 Å². The Bertz CT molecular complexity index is 3750. The average molecular weight is 805 g/mol. The van der Waals surface area contributed by atoms with E-state index < -0.39 is 0 Å². The van der Waals surface area contributed by atoms with E-state index in [1.54, 1.807) is 0 Å². The molecule has 4 aromatic heterocycles. The highest BCUT2D eigenvalue weighted by atomic mass is 15.1. The molecule has 0 aliphatic rings. The summed E-state index contributed by atoms with van der Waals surface area (Å²) in [5.74, 6) is 1.86. The molecular weight excluding hydrogens is 769 g/mol. The molecule has 0 aliphatic carbocycles. The molecule has 294 valence electrons. The molecule has 6 heteroatoms. The van der Waals surface area contributed by atoms with E-state index in [0.29, 0.717) is 17.5 Å². The normalized spacial score (nSPS) is 11.8. The Morgan fingerprint density at radius 2 is 0.603 bits per heavy atom. The summed E-state index contributed by atoms with van der Waals surface area (Å²) in [5, 5.41) is 7.24. The van der Waals surface area contributed by atoms with Crippen molar-refractivity contribution in [3.8, 4) is 51.2 Å². The number of para-hydroxylation sites is 5. The molecular formula is C57H36N6. The van der Waals surface area contributed by atoms with Crippen LogP contribution in [0.5, 0.6) is 0 Å². The van der Waals surface area contributed by atoms with Gasteiger partial charge in [-0.15, -0.1) is 0 Å². The van der Waals surface area contributed by atoms with E-state index >= 15 is 0 Å². The molecule has 0 bridgehead atoms. The SMILES string of the molecule is c1ccc(-c2nc(-c3ccccc3)nc(-c3ccc(-n4c5ccccc5c5ccc(-n6c7ccccc7c7ccccc76)cc54)c(-n4c5ccccc5c5ccccc54)c3)n2)cc1. The van der Waals surface area contributed by atoms with E-state index in [9.17, 15) is 0 Å². The zero-order valence-corrected chi connectivity index (χ0v) is 34.0. The second-order valence-corrected chi connectivity index (χ2v) is 16.0. The van der Waals surface area contributed by atoms with E-state index in [4.69, 9.17) is 15.0 Å². The average Bonchev–Trinajstić information content (AvgIpc) is 4.00. The van der Waals surface area contributed by atoms with Gasteiger partial charge in [-0.05, 0) is 60.7 Å². The van der Waals surface area contributed by atoms with Crippen molar-refractivity contribution in [3.05, 3.63) is 218 Å². The predicted octanol–water partition coefficient (Wildman–Crippen LogP) is 14.2. The first-order valence-electron chi connectivity index (χ1n) is 21.3. The van der Waals surface area contributed by atoms with Crippen LogP contribution in [0.4, 0.5) is 0 Å². The number of aromatic nitrogens is 6. The second-order valence-electron chi connectivity index (χ2n) is 16.0. The Labute approximate surface area is 362 Å². The minimum absolute atomic E-state index is 0.604. The van der Waals surface area contributed by atoms with Crippen molar-refractivity contribution in [1.29, 1.82) is 0 Å². The molecule has 9 aromatic carbocycles. The van der Waals surface area contributed by atoms with Gasteiger partial charge in [0.25, 0.3) is 0 Å². The molecule has 0 atom stereocenters. The van der Waals surface area contributed by atoms with E-state index in [2.05, 4.69) is 196 Å². The molecule has 13 aromatic rings. The summed E-state index contributed by atoms with van der Waals surface area (Å²) in [7, 11) is 0. The van der Waals surface area contributed by atoms with Gasteiger partial charge in [-0.25, -0.2) is 15.0 Å². The van der Waals surface area contributed by atoms with E-state index in [-0.39, 0.29) is 0 Å². The van der Waals surface area contributed by atoms with Crippen molar-refractivity contribution in [2.24, 2.45) is 0 Å². The molecule has 0 saturated carbocycles. The minimum Gasteiger partial charge on any atom is -0.309 e. The van der Waals surface area contributed by atoms with Gasteiger partial charge in [0.15, 0.2) is 17.5 Å². The van der Waals surface area contributed by atoms with Crippen LogP contribution in [-0.2, 0) is 0 Å². The number of benzene rings is 9. The third kappa shape index (κ3) is 5.48. The smallest absolute Gasteiger partial charge is 0.164 e. The lowest BCUT2D eigenvalue weighted by Crippen LogP contribution is -2.05. The molecule has 63 heavy (non-hydrogen) atoms. The summed E-state index contributed by atoms with van der Waals surface area (Å²) in [6.45, 7) is 0. The first-order chi connectivity index (χ1) is 31.3. The van der Waals surface area contributed by atoms with Crippen LogP contribution >= 0.6 is 0 Å². The summed E-state index contributed by atoms with van der Waals surface area (Å²) >= 11 is 0. The van der Waals surface area contributed by atoms with Crippen LogP contribution in [-0.4, -0.2) is 28.7 Å². The minimum atomic E-state index is 0.604. The fraction of sp³-hybridized carbons (Fsp3) is 0.